The van der Waals surface area contributed by atoms with Gasteiger partial charge in [0, 0.05) is 21.9 Å². The van der Waals surface area contributed by atoms with Crippen LogP contribution in [0.25, 0.3) is 72.2 Å². The summed E-state index contributed by atoms with van der Waals surface area (Å²) in [6.45, 7) is 18.8. The van der Waals surface area contributed by atoms with Gasteiger partial charge in [-0.2, -0.15) is 0 Å². The third-order valence-electron chi connectivity index (χ3n) is 11.4. The van der Waals surface area contributed by atoms with E-state index in [-0.39, 0.29) is 0 Å². The molecule has 2 heterocycles. The second kappa shape index (κ2) is 16.7. The molecule has 1 aliphatic rings. The number of allylic oxidation sites excluding steroid dienone is 14. The molecule has 0 saturated carbocycles. The average molecular weight is 752 g/mol. The van der Waals surface area contributed by atoms with Gasteiger partial charge in [0.15, 0.2) is 0 Å². The second-order valence-electron chi connectivity index (χ2n) is 14.9. The maximum absolute atomic E-state index is 5.43. The Kier molecular flexibility index (Phi) is 11.0. The van der Waals surface area contributed by atoms with Crippen LogP contribution in [0, 0.1) is 0 Å². The van der Waals surface area contributed by atoms with Crippen LogP contribution in [0.5, 0.6) is 0 Å². The van der Waals surface area contributed by atoms with E-state index in [1.165, 1.54) is 49.4 Å². The molecular formula is C55H49N3. The van der Waals surface area contributed by atoms with Crippen molar-refractivity contribution in [2.75, 3.05) is 0 Å². The van der Waals surface area contributed by atoms with Crippen LogP contribution in [0.3, 0.4) is 0 Å². The molecule has 1 aliphatic carbocycles. The number of aromatic nitrogens is 3. The summed E-state index contributed by atoms with van der Waals surface area (Å²) < 4.78 is 2.21. The van der Waals surface area contributed by atoms with Crippen molar-refractivity contribution in [3.8, 4) is 17.2 Å². The van der Waals surface area contributed by atoms with E-state index in [1.807, 2.05) is 18.2 Å². The minimum Gasteiger partial charge on any atom is -0.278 e. The lowest BCUT2D eigenvalue weighted by Gasteiger charge is -2.17. The molecule has 0 amide bonds. The van der Waals surface area contributed by atoms with Gasteiger partial charge in [-0.05, 0) is 120 Å². The minimum atomic E-state index is 0.631. The normalized spacial score (nSPS) is 14.3. The van der Waals surface area contributed by atoms with E-state index in [0.717, 1.165) is 75.6 Å². The summed E-state index contributed by atoms with van der Waals surface area (Å²) >= 11 is 0. The van der Waals surface area contributed by atoms with Crippen LogP contribution in [-0.4, -0.2) is 14.5 Å². The second-order valence-corrected chi connectivity index (χ2v) is 14.9. The molecule has 58 heavy (non-hydrogen) atoms. The number of nitrogens with zero attached hydrogens (tertiary/aromatic N) is 3. The van der Waals surface area contributed by atoms with Crippen LogP contribution in [0.1, 0.15) is 57.7 Å². The predicted octanol–water partition coefficient (Wildman–Crippen LogP) is 15.2. The Hall–Kier alpha value is -6.84. The first-order valence-corrected chi connectivity index (χ1v) is 20.3. The van der Waals surface area contributed by atoms with Crippen molar-refractivity contribution in [1.29, 1.82) is 0 Å². The molecule has 0 spiro atoms. The number of para-hydroxylation sites is 2. The number of benzene rings is 5. The van der Waals surface area contributed by atoms with Crippen LogP contribution in [-0.2, 0) is 0 Å². The van der Waals surface area contributed by atoms with Crippen LogP contribution < -0.4 is 0 Å². The molecule has 0 bridgehead atoms. The molecule has 3 nitrogen and oxygen atoms in total. The summed E-state index contributed by atoms with van der Waals surface area (Å²) in [5.74, 6) is 0.631. The predicted molar refractivity (Wildman–Crippen MR) is 251 cm³/mol. The standard InChI is InChI=1S/C55H49N3/c1-7-21-43(37(5)8-2)44(38(6)9-3)25-14-11-22-39-23-13-16-27-47(39)53-49-29-18-20-31-52(49)58(51(53)10-4)55-56-50-30-19-17-28-48(50)54(57-55)42-34-35-46-41(36-42)33-32-40-24-12-15-26-45(40)46/h7-10,12,14-21,24-36H,2-4,11,13,22-23H2,1,5-6H3/b21-7-,25-14-,43-37+,44-38+. The van der Waals surface area contributed by atoms with E-state index in [1.54, 1.807) is 0 Å². The van der Waals surface area contributed by atoms with Gasteiger partial charge in [0.2, 0.25) is 5.95 Å². The van der Waals surface area contributed by atoms with Gasteiger partial charge < -0.3 is 0 Å². The van der Waals surface area contributed by atoms with E-state index in [0.29, 0.717) is 5.95 Å². The molecular weight excluding hydrogens is 703 g/mol. The molecule has 7 aromatic rings. The van der Waals surface area contributed by atoms with Crippen molar-refractivity contribution >= 4 is 55.0 Å². The zero-order chi connectivity index (χ0) is 40.2. The molecule has 0 radical (unpaired) electrons. The lowest BCUT2D eigenvalue weighted by atomic mass is 9.88. The van der Waals surface area contributed by atoms with Crippen molar-refractivity contribution in [1.82, 2.24) is 14.5 Å². The molecule has 0 unspecified atom stereocenters. The van der Waals surface area contributed by atoms with Gasteiger partial charge in [-0.25, -0.2) is 9.97 Å². The molecule has 0 fully saturated rings. The van der Waals surface area contributed by atoms with Crippen molar-refractivity contribution < 1.29 is 0 Å². The zero-order valence-electron chi connectivity index (χ0n) is 33.8. The third kappa shape index (κ3) is 7.05. The minimum absolute atomic E-state index is 0.631. The van der Waals surface area contributed by atoms with Gasteiger partial charge in [0.05, 0.1) is 22.4 Å². The number of hydrogen-bond donors (Lipinski definition) is 0. The lowest BCUT2D eigenvalue weighted by Crippen LogP contribution is -2.06. The highest BCUT2D eigenvalue weighted by Gasteiger charge is 2.24. The molecule has 8 rings (SSSR count). The molecule has 0 saturated heterocycles. The van der Waals surface area contributed by atoms with Crippen molar-refractivity contribution in [2.45, 2.75) is 46.5 Å². The smallest absolute Gasteiger partial charge is 0.235 e. The Morgan fingerprint density at radius 1 is 0.724 bits per heavy atom. The zero-order valence-corrected chi connectivity index (χ0v) is 33.8. The lowest BCUT2D eigenvalue weighted by molar-refractivity contribution is 0.859. The Labute approximate surface area is 342 Å². The van der Waals surface area contributed by atoms with Gasteiger partial charge in [-0.3, -0.25) is 4.57 Å². The quantitative estimate of drug-likeness (QED) is 0.0919. The largest absolute Gasteiger partial charge is 0.278 e. The van der Waals surface area contributed by atoms with Crippen molar-refractivity contribution in [2.24, 2.45) is 0 Å². The Bertz CT molecular complexity index is 2970. The number of rotatable bonds is 12. The van der Waals surface area contributed by atoms with Gasteiger partial charge in [-0.1, -0.05) is 159 Å². The van der Waals surface area contributed by atoms with E-state index in [4.69, 9.17) is 9.97 Å². The summed E-state index contributed by atoms with van der Waals surface area (Å²) in [4.78, 5) is 10.7. The monoisotopic (exact) mass is 751 g/mol. The first-order valence-electron chi connectivity index (χ1n) is 20.3. The summed E-state index contributed by atoms with van der Waals surface area (Å²) in [6.07, 6.45) is 23.2. The highest BCUT2D eigenvalue weighted by molar-refractivity contribution is 6.09. The summed E-state index contributed by atoms with van der Waals surface area (Å²) in [7, 11) is 0. The van der Waals surface area contributed by atoms with E-state index < -0.39 is 0 Å². The van der Waals surface area contributed by atoms with Gasteiger partial charge in [0.25, 0.3) is 0 Å². The first kappa shape index (κ1) is 38.1. The fraction of sp³-hybridized carbons (Fsp3) is 0.127. The Morgan fingerprint density at radius 3 is 2.19 bits per heavy atom. The average Bonchev–Trinajstić information content (AvgIpc) is 3.61. The first-order chi connectivity index (χ1) is 28.4. The highest BCUT2D eigenvalue weighted by Crippen LogP contribution is 2.41. The molecule has 2 aromatic heterocycles. The molecule has 284 valence electrons. The Balaban J connectivity index is 1.24. The molecule has 5 aromatic carbocycles. The highest BCUT2D eigenvalue weighted by atomic mass is 15.2. The van der Waals surface area contributed by atoms with Crippen LogP contribution in [0.4, 0.5) is 0 Å². The topological polar surface area (TPSA) is 30.7 Å². The van der Waals surface area contributed by atoms with Crippen LogP contribution in [0.15, 0.2) is 199 Å². The van der Waals surface area contributed by atoms with Crippen LogP contribution in [0.2, 0.25) is 0 Å². The van der Waals surface area contributed by atoms with Gasteiger partial charge in [-0.15, -0.1) is 0 Å². The number of fused-ring (bicyclic) bond motifs is 5. The summed E-state index contributed by atoms with van der Waals surface area (Å²) in [5.41, 5.74) is 13.4. The molecule has 3 heteroatoms. The fourth-order valence-electron chi connectivity index (χ4n) is 8.44. The SMILES string of the molecule is C=C/C(C)=C(\C=C/C)C(/C=C\CCC1=C(c2c(C=C)n(-c3nc(-c4ccc5c(ccc6ccccc65)c4)c4ccccc4n3)c3ccccc23)C=CCC1)=C(\C)C=C. The third-order valence-corrected chi connectivity index (χ3v) is 11.4. The van der Waals surface area contributed by atoms with E-state index in [2.05, 4.69) is 185 Å². The van der Waals surface area contributed by atoms with Crippen molar-refractivity contribution in [3.63, 3.8) is 0 Å². The maximum Gasteiger partial charge on any atom is 0.235 e. The molecule has 0 N–H and O–H groups in total. The molecule has 0 aliphatic heterocycles. The Morgan fingerprint density at radius 2 is 1.41 bits per heavy atom. The molecule has 0 atom stereocenters. The maximum atomic E-state index is 5.43. The fourth-order valence-corrected chi connectivity index (χ4v) is 8.44. The van der Waals surface area contributed by atoms with Crippen LogP contribution >= 0.6 is 0 Å². The summed E-state index contributed by atoms with van der Waals surface area (Å²) in [5, 5.41) is 7.09. The number of hydrogen-bond acceptors (Lipinski definition) is 2. The van der Waals surface area contributed by atoms with E-state index in [9.17, 15) is 0 Å². The van der Waals surface area contributed by atoms with Gasteiger partial charge in [0.1, 0.15) is 0 Å². The summed E-state index contributed by atoms with van der Waals surface area (Å²) in [6, 6.07) is 36.7. The van der Waals surface area contributed by atoms with Gasteiger partial charge >= 0.3 is 0 Å². The van der Waals surface area contributed by atoms with E-state index >= 15 is 0 Å². The van der Waals surface area contributed by atoms with Crippen molar-refractivity contribution in [3.05, 3.63) is 211 Å².